The number of carbonyl (C=O) groups excluding carboxylic acids is 1. The molecule has 0 aromatic heterocycles. The van der Waals surface area contributed by atoms with Gasteiger partial charge in [0.2, 0.25) is 5.91 Å². The summed E-state index contributed by atoms with van der Waals surface area (Å²) in [7, 11) is 0. The summed E-state index contributed by atoms with van der Waals surface area (Å²) in [6.45, 7) is 6.55. The van der Waals surface area contributed by atoms with Crippen LogP contribution >= 0.6 is 0 Å². The summed E-state index contributed by atoms with van der Waals surface area (Å²) in [4.78, 5) is 11.2. The van der Waals surface area contributed by atoms with Gasteiger partial charge < -0.3 is 5.32 Å². The second-order valence-electron chi connectivity index (χ2n) is 3.08. The van der Waals surface area contributed by atoms with Crippen molar-refractivity contribution in [2.24, 2.45) is 5.92 Å². The molecule has 2 heteroatoms. The van der Waals surface area contributed by atoms with Crippen molar-refractivity contribution in [2.75, 3.05) is 6.54 Å². The minimum absolute atomic E-state index is 0.200. The molecule has 1 aliphatic carbocycles. The molecule has 0 radical (unpaired) electrons. The maximum Gasteiger partial charge on any atom is 0.223 e. The van der Waals surface area contributed by atoms with Gasteiger partial charge in [-0.1, -0.05) is 12.2 Å². The summed E-state index contributed by atoms with van der Waals surface area (Å²) in [6.07, 6.45) is 2.91. The zero-order chi connectivity index (χ0) is 8.27. The lowest BCUT2D eigenvalue weighted by Gasteiger charge is -2.07. The van der Waals surface area contributed by atoms with Crippen molar-refractivity contribution in [1.82, 2.24) is 5.32 Å². The van der Waals surface area contributed by atoms with Crippen molar-refractivity contribution in [2.45, 2.75) is 26.2 Å². The first-order valence-electron chi connectivity index (χ1n) is 4.18. The molecule has 1 fully saturated rings. The van der Waals surface area contributed by atoms with E-state index in [1.54, 1.807) is 0 Å². The number of allylic oxidation sites excluding steroid dienone is 1. The van der Waals surface area contributed by atoms with Crippen LogP contribution in [-0.2, 0) is 4.79 Å². The molecule has 62 valence electrons. The maximum atomic E-state index is 11.2. The van der Waals surface area contributed by atoms with Crippen LogP contribution in [0.3, 0.4) is 0 Å². The SMILES string of the molecule is C=C1CCC(C(=O)NCC)C1. The van der Waals surface area contributed by atoms with E-state index < -0.39 is 0 Å². The Morgan fingerprint density at radius 3 is 3.00 bits per heavy atom. The quantitative estimate of drug-likeness (QED) is 0.598. The Morgan fingerprint density at radius 1 is 1.82 bits per heavy atom. The van der Waals surface area contributed by atoms with Gasteiger partial charge >= 0.3 is 0 Å². The molecule has 1 atom stereocenters. The molecule has 0 bridgehead atoms. The monoisotopic (exact) mass is 153 g/mol. The number of amides is 1. The predicted octanol–water partition coefficient (Wildman–Crippen LogP) is 1.48. The second kappa shape index (κ2) is 3.56. The van der Waals surface area contributed by atoms with Gasteiger partial charge in [0.15, 0.2) is 0 Å². The number of carbonyl (C=O) groups is 1. The largest absolute Gasteiger partial charge is 0.356 e. The molecule has 11 heavy (non-hydrogen) atoms. The van der Waals surface area contributed by atoms with E-state index in [1.807, 2.05) is 6.92 Å². The van der Waals surface area contributed by atoms with Crippen molar-refractivity contribution >= 4 is 5.91 Å². The van der Waals surface area contributed by atoms with Crippen LogP contribution in [0.15, 0.2) is 12.2 Å². The molecule has 0 spiro atoms. The first-order valence-corrected chi connectivity index (χ1v) is 4.18. The minimum atomic E-state index is 0.200. The smallest absolute Gasteiger partial charge is 0.223 e. The van der Waals surface area contributed by atoms with Crippen LogP contribution < -0.4 is 5.32 Å². The highest BCUT2D eigenvalue weighted by Crippen LogP contribution is 2.28. The molecule has 0 aromatic rings. The maximum absolute atomic E-state index is 11.2. The van der Waals surface area contributed by atoms with Crippen molar-refractivity contribution in [3.8, 4) is 0 Å². The molecule has 1 unspecified atom stereocenters. The third-order valence-electron chi connectivity index (χ3n) is 2.10. The predicted molar refractivity (Wildman–Crippen MR) is 45.2 cm³/mol. The first kappa shape index (κ1) is 8.31. The molecule has 0 aliphatic heterocycles. The fourth-order valence-electron chi connectivity index (χ4n) is 1.47. The van der Waals surface area contributed by atoms with Crippen molar-refractivity contribution in [3.63, 3.8) is 0 Å². The van der Waals surface area contributed by atoms with Gasteiger partial charge in [-0.25, -0.2) is 0 Å². The molecule has 0 saturated heterocycles. The molecule has 1 amide bonds. The highest BCUT2D eigenvalue weighted by atomic mass is 16.1. The Balaban J connectivity index is 2.37. The summed E-state index contributed by atoms with van der Waals surface area (Å²) in [5.41, 5.74) is 1.22. The topological polar surface area (TPSA) is 29.1 Å². The fourth-order valence-corrected chi connectivity index (χ4v) is 1.47. The van der Waals surface area contributed by atoms with Gasteiger partial charge in [0.05, 0.1) is 0 Å². The summed E-state index contributed by atoms with van der Waals surface area (Å²) >= 11 is 0. The Kier molecular flexibility index (Phi) is 2.69. The Morgan fingerprint density at radius 2 is 2.55 bits per heavy atom. The van der Waals surface area contributed by atoms with E-state index in [0.717, 1.165) is 25.8 Å². The zero-order valence-corrected chi connectivity index (χ0v) is 7.02. The average Bonchev–Trinajstić information content (AvgIpc) is 2.36. The van der Waals surface area contributed by atoms with Gasteiger partial charge in [-0.2, -0.15) is 0 Å². The van der Waals surface area contributed by atoms with Crippen LogP contribution in [0, 0.1) is 5.92 Å². The van der Waals surface area contributed by atoms with Crippen LogP contribution in [0.2, 0.25) is 0 Å². The third-order valence-corrected chi connectivity index (χ3v) is 2.10. The summed E-state index contributed by atoms with van der Waals surface area (Å²) in [6, 6.07) is 0. The summed E-state index contributed by atoms with van der Waals surface area (Å²) in [5, 5.41) is 2.83. The van der Waals surface area contributed by atoms with E-state index in [1.165, 1.54) is 5.57 Å². The van der Waals surface area contributed by atoms with Gasteiger partial charge in [0, 0.05) is 12.5 Å². The Bertz CT molecular complexity index is 174. The van der Waals surface area contributed by atoms with E-state index >= 15 is 0 Å². The normalized spacial score (nSPS) is 23.7. The average molecular weight is 153 g/mol. The Hall–Kier alpha value is -0.790. The van der Waals surface area contributed by atoms with Gasteiger partial charge in [0.25, 0.3) is 0 Å². The van der Waals surface area contributed by atoms with Crippen molar-refractivity contribution < 1.29 is 4.79 Å². The number of rotatable bonds is 2. The number of hydrogen-bond donors (Lipinski definition) is 1. The van der Waals surface area contributed by atoms with Gasteiger partial charge in [-0.15, -0.1) is 0 Å². The number of nitrogens with one attached hydrogen (secondary N) is 1. The van der Waals surface area contributed by atoms with Crippen LogP contribution in [0.4, 0.5) is 0 Å². The van der Waals surface area contributed by atoms with Crippen LogP contribution in [0.25, 0.3) is 0 Å². The Labute approximate surface area is 67.7 Å². The van der Waals surface area contributed by atoms with Gasteiger partial charge in [-0.3, -0.25) is 4.79 Å². The van der Waals surface area contributed by atoms with Crippen molar-refractivity contribution in [1.29, 1.82) is 0 Å². The molecular formula is C9H15NO. The molecular weight excluding hydrogens is 138 g/mol. The van der Waals surface area contributed by atoms with Crippen LogP contribution in [0.1, 0.15) is 26.2 Å². The van der Waals surface area contributed by atoms with Crippen LogP contribution in [0.5, 0.6) is 0 Å². The molecule has 1 saturated carbocycles. The second-order valence-corrected chi connectivity index (χ2v) is 3.08. The van der Waals surface area contributed by atoms with E-state index in [9.17, 15) is 4.79 Å². The third kappa shape index (κ3) is 2.07. The first-order chi connectivity index (χ1) is 5.24. The van der Waals surface area contributed by atoms with E-state index in [-0.39, 0.29) is 11.8 Å². The fraction of sp³-hybridized carbons (Fsp3) is 0.667. The highest BCUT2D eigenvalue weighted by Gasteiger charge is 2.23. The van der Waals surface area contributed by atoms with Crippen LogP contribution in [-0.4, -0.2) is 12.5 Å². The summed E-state index contributed by atoms with van der Waals surface area (Å²) < 4.78 is 0. The molecule has 1 N–H and O–H groups in total. The summed E-state index contributed by atoms with van der Waals surface area (Å²) in [5.74, 6) is 0.411. The molecule has 0 heterocycles. The molecule has 2 nitrogen and oxygen atoms in total. The molecule has 1 rings (SSSR count). The van der Waals surface area contributed by atoms with Crippen molar-refractivity contribution in [3.05, 3.63) is 12.2 Å². The lowest BCUT2D eigenvalue weighted by atomic mass is 10.1. The molecule has 1 aliphatic rings. The highest BCUT2D eigenvalue weighted by molar-refractivity contribution is 5.79. The standard InChI is InChI=1S/C9H15NO/c1-3-10-9(11)8-5-4-7(2)6-8/h8H,2-6H2,1H3,(H,10,11). The lowest BCUT2D eigenvalue weighted by Crippen LogP contribution is -2.28. The lowest BCUT2D eigenvalue weighted by molar-refractivity contribution is -0.124. The molecule has 0 aromatic carbocycles. The van der Waals surface area contributed by atoms with E-state index in [2.05, 4.69) is 11.9 Å². The van der Waals surface area contributed by atoms with Gasteiger partial charge in [0.1, 0.15) is 0 Å². The number of hydrogen-bond acceptors (Lipinski definition) is 1. The van der Waals surface area contributed by atoms with E-state index in [4.69, 9.17) is 0 Å². The van der Waals surface area contributed by atoms with E-state index in [0.29, 0.717) is 0 Å². The van der Waals surface area contributed by atoms with Gasteiger partial charge in [-0.05, 0) is 26.2 Å². The zero-order valence-electron chi connectivity index (χ0n) is 7.02. The minimum Gasteiger partial charge on any atom is -0.356 e.